The number of rotatable bonds is 4. The molecule has 1 aromatic carbocycles. The first-order chi connectivity index (χ1) is 9.56. The lowest BCUT2D eigenvalue weighted by Gasteiger charge is -2.25. The van der Waals surface area contributed by atoms with Gasteiger partial charge in [0.25, 0.3) is 5.91 Å². The molecule has 0 saturated carbocycles. The SMILES string of the molecule is Cc1ccc(OC(C)C(=O)N[C@H]2CCCNC2)c(Br)c1. The molecule has 1 heterocycles. The fourth-order valence-electron chi connectivity index (χ4n) is 2.24. The number of amides is 1. The summed E-state index contributed by atoms with van der Waals surface area (Å²) in [7, 11) is 0. The molecule has 1 aliphatic rings. The Hall–Kier alpha value is -1.07. The van der Waals surface area contributed by atoms with Crippen LogP contribution in [0.3, 0.4) is 0 Å². The lowest BCUT2D eigenvalue weighted by atomic mass is 10.1. The van der Waals surface area contributed by atoms with E-state index < -0.39 is 6.10 Å². The van der Waals surface area contributed by atoms with Gasteiger partial charge in [-0.1, -0.05) is 6.07 Å². The Labute approximate surface area is 128 Å². The minimum Gasteiger partial charge on any atom is -0.480 e. The molecule has 20 heavy (non-hydrogen) atoms. The Morgan fingerprint density at radius 2 is 2.35 bits per heavy atom. The maximum Gasteiger partial charge on any atom is 0.261 e. The summed E-state index contributed by atoms with van der Waals surface area (Å²) >= 11 is 3.46. The summed E-state index contributed by atoms with van der Waals surface area (Å²) in [6.45, 7) is 5.67. The van der Waals surface area contributed by atoms with E-state index in [0.29, 0.717) is 5.75 Å². The molecule has 2 N–H and O–H groups in total. The van der Waals surface area contributed by atoms with Crippen molar-refractivity contribution in [2.45, 2.75) is 38.8 Å². The first kappa shape index (κ1) is 15.3. The van der Waals surface area contributed by atoms with Crippen LogP contribution in [-0.2, 0) is 4.79 Å². The summed E-state index contributed by atoms with van der Waals surface area (Å²) in [6, 6.07) is 6.04. The molecule has 110 valence electrons. The summed E-state index contributed by atoms with van der Waals surface area (Å²) in [6.07, 6.45) is 1.62. The number of ether oxygens (including phenoxy) is 1. The number of hydrogen-bond donors (Lipinski definition) is 2. The number of carbonyl (C=O) groups excluding carboxylic acids is 1. The minimum absolute atomic E-state index is 0.0637. The normalized spacial score (nSPS) is 20.2. The number of benzene rings is 1. The van der Waals surface area contributed by atoms with Crippen LogP contribution in [0.15, 0.2) is 22.7 Å². The van der Waals surface area contributed by atoms with Gasteiger partial charge in [0.15, 0.2) is 6.10 Å². The second-order valence-electron chi connectivity index (χ2n) is 5.25. The van der Waals surface area contributed by atoms with Crippen molar-refractivity contribution in [3.8, 4) is 5.75 Å². The van der Waals surface area contributed by atoms with Crippen LogP contribution in [0.1, 0.15) is 25.3 Å². The molecular formula is C15H21BrN2O2. The van der Waals surface area contributed by atoms with Crippen LogP contribution >= 0.6 is 15.9 Å². The summed E-state index contributed by atoms with van der Waals surface area (Å²) < 4.78 is 6.60. The van der Waals surface area contributed by atoms with Crippen molar-refractivity contribution < 1.29 is 9.53 Å². The third-order valence-corrected chi connectivity index (χ3v) is 4.02. The van der Waals surface area contributed by atoms with Gasteiger partial charge in [-0.15, -0.1) is 0 Å². The summed E-state index contributed by atoms with van der Waals surface area (Å²) in [5.41, 5.74) is 1.15. The molecule has 1 amide bonds. The topological polar surface area (TPSA) is 50.4 Å². The highest BCUT2D eigenvalue weighted by atomic mass is 79.9. The minimum atomic E-state index is -0.504. The summed E-state index contributed by atoms with van der Waals surface area (Å²) in [4.78, 5) is 12.1. The Bertz CT molecular complexity index is 473. The summed E-state index contributed by atoms with van der Waals surface area (Å²) in [5.74, 6) is 0.631. The van der Waals surface area contributed by atoms with Gasteiger partial charge in [0.2, 0.25) is 0 Å². The number of aryl methyl sites for hydroxylation is 1. The lowest BCUT2D eigenvalue weighted by Crippen LogP contribution is -2.49. The molecule has 4 nitrogen and oxygen atoms in total. The van der Waals surface area contributed by atoms with Crippen molar-refractivity contribution in [3.05, 3.63) is 28.2 Å². The van der Waals surface area contributed by atoms with Gasteiger partial charge in [-0.25, -0.2) is 0 Å². The van der Waals surface area contributed by atoms with Crippen LogP contribution in [0.5, 0.6) is 5.75 Å². The van der Waals surface area contributed by atoms with E-state index in [4.69, 9.17) is 4.74 Å². The maximum absolute atomic E-state index is 12.1. The third kappa shape index (κ3) is 4.21. The predicted molar refractivity (Wildman–Crippen MR) is 83.0 cm³/mol. The largest absolute Gasteiger partial charge is 0.480 e. The second kappa shape index (κ2) is 7.09. The molecule has 1 unspecified atom stereocenters. The number of halogens is 1. The van der Waals surface area contributed by atoms with E-state index in [-0.39, 0.29) is 11.9 Å². The maximum atomic E-state index is 12.1. The first-order valence-corrected chi connectivity index (χ1v) is 7.79. The fraction of sp³-hybridized carbons (Fsp3) is 0.533. The monoisotopic (exact) mass is 340 g/mol. The van der Waals surface area contributed by atoms with Gasteiger partial charge >= 0.3 is 0 Å². The van der Waals surface area contributed by atoms with Crippen LogP contribution in [0.25, 0.3) is 0 Å². The zero-order valence-electron chi connectivity index (χ0n) is 11.9. The molecular weight excluding hydrogens is 320 g/mol. The molecule has 1 aliphatic heterocycles. The van der Waals surface area contributed by atoms with Gasteiger partial charge in [-0.3, -0.25) is 4.79 Å². The predicted octanol–water partition coefficient (Wildman–Crippen LogP) is 2.39. The van der Waals surface area contributed by atoms with Crippen molar-refractivity contribution in [2.24, 2.45) is 0 Å². The average molecular weight is 341 g/mol. The Morgan fingerprint density at radius 3 is 3.00 bits per heavy atom. The number of piperidine rings is 1. The van der Waals surface area contributed by atoms with Gasteiger partial charge in [-0.2, -0.15) is 0 Å². The zero-order valence-corrected chi connectivity index (χ0v) is 13.5. The number of carbonyl (C=O) groups is 1. The van der Waals surface area contributed by atoms with Crippen LogP contribution in [0, 0.1) is 6.92 Å². The highest BCUT2D eigenvalue weighted by molar-refractivity contribution is 9.10. The van der Waals surface area contributed by atoms with Crippen LogP contribution in [-0.4, -0.2) is 31.1 Å². The van der Waals surface area contributed by atoms with Gasteiger partial charge in [0, 0.05) is 12.6 Å². The van der Waals surface area contributed by atoms with Crippen LogP contribution in [0.2, 0.25) is 0 Å². The van der Waals surface area contributed by atoms with E-state index in [1.165, 1.54) is 0 Å². The first-order valence-electron chi connectivity index (χ1n) is 7.00. The van der Waals surface area contributed by atoms with Crippen molar-refractivity contribution >= 4 is 21.8 Å². The number of hydrogen-bond acceptors (Lipinski definition) is 3. The zero-order chi connectivity index (χ0) is 14.5. The molecule has 0 aromatic heterocycles. The quantitative estimate of drug-likeness (QED) is 0.884. The fourth-order valence-corrected chi connectivity index (χ4v) is 2.83. The van der Waals surface area contributed by atoms with Gasteiger partial charge in [-0.05, 0) is 66.9 Å². The Kier molecular flexibility index (Phi) is 5.43. The molecule has 2 atom stereocenters. The smallest absolute Gasteiger partial charge is 0.261 e. The van der Waals surface area contributed by atoms with Crippen LogP contribution in [0.4, 0.5) is 0 Å². The van der Waals surface area contributed by atoms with E-state index in [2.05, 4.69) is 26.6 Å². The third-order valence-electron chi connectivity index (χ3n) is 3.40. The Morgan fingerprint density at radius 1 is 1.55 bits per heavy atom. The molecule has 0 bridgehead atoms. The summed E-state index contributed by atoms with van der Waals surface area (Å²) in [5, 5.41) is 6.31. The molecule has 1 saturated heterocycles. The van der Waals surface area contributed by atoms with E-state index in [1.807, 2.05) is 25.1 Å². The highest BCUT2D eigenvalue weighted by Crippen LogP contribution is 2.26. The molecule has 2 rings (SSSR count). The second-order valence-corrected chi connectivity index (χ2v) is 6.10. The Balaban J connectivity index is 1.89. The molecule has 5 heteroatoms. The van der Waals surface area contributed by atoms with Crippen molar-refractivity contribution in [1.29, 1.82) is 0 Å². The van der Waals surface area contributed by atoms with Crippen molar-refractivity contribution in [2.75, 3.05) is 13.1 Å². The van der Waals surface area contributed by atoms with Gasteiger partial charge in [0.1, 0.15) is 5.75 Å². The molecule has 1 aromatic rings. The van der Waals surface area contributed by atoms with Crippen LogP contribution < -0.4 is 15.4 Å². The molecule has 1 fully saturated rings. The van der Waals surface area contributed by atoms with E-state index in [9.17, 15) is 4.79 Å². The van der Waals surface area contributed by atoms with E-state index in [1.54, 1.807) is 6.92 Å². The molecule has 0 aliphatic carbocycles. The molecule has 0 spiro atoms. The van der Waals surface area contributed by atoms with E-state index in [0.717, 1.165) is 36.0 Å². The average Bonchev–Trinajstić information content (AvgIpc) is 2.43. The van der Waals surface area contributed by atoms with Gasteiger partial charge < -0.3 is 15.4 Å². The molecule has 0 radical (unpaired) electrons. The standard InChI is InChI=1S/C15H21BrN2O2/c1-10-5-6-14(13(16)8-10)20-11(2)15(19)18-12-4-3-7-17-9-12/h5-6,8,11-12,17H,3-4,7,9H2,1-2H3,(H,18,19)/t11?,12-/m0/s1. The number of nitrogens with one attached hydrogen (secondary N) is 2. The highest BCUT2D eigenvalue weighted by Gasteiger charge is 2.21. The van der Waals surface area contributed by atoms with Crippen molar-refractivity contribution in [1.82, 2.24) is 10.6 Å². The van der Waals surface area contributed by atoms with E-state index >= 15 is 0 Å². The lowest BCUT2D eigenvalue weighted by molar-refractivity contribution is -0.128. The van der Waals surface area contributed by atoms with Crippen molar-refractivity contribution in [3.63, 3.8) is 0 Å². The van der Waals surface area contributed by atoms with Gasteiger partial charge in [0.05, 0.1) is 4.47 Å².